The van der Waals surface area contributed by atoms with Gasteiger partial charge in [0.1, 0.15) is 0 Å². The number of nitriles is 1. The van der Waals surface area contributed by atoms with Crippen molar-refractivity contribution < 1.29 is 0 Å². The maximum atomic E-state index is 8.41. The number of rotatable bonds is 6. The molecule has 2 heteroatoms. The first-order chi connectivity index (χ1) is 5.70. The second-order valence-electron chi connectivity index (χ2n) is 3.52. The van der Waals surface area contributed by atoms with Gasteiger partial charge in [-0.1, -0.05) is 20.8 Å². The molecule has 0 spiro atoms. The van der Waals surface area contributed by atoms with Gasteiger partial charge in [-0.2, -0.15) is 5.26 Å². The number of hydrogen-bond donors (Lipinski definition) is 0. The largest absolute Gasteiger partial charge is 0.303 e. The van der Waals surface area contributed by atoms with Gasteiger partial charge in [0.25, 0.3) is 0 Å². The topological polar surface area (TPSA) is 27.0 Å². The van der Waals surface area contributed by atoms with Crippen molar-refractivity contribution >= 4 is 0 Å². The van der Waals surface area contributed by atoms with Crippen LogP contribution in [0.5, 0.6) is 0 Å². The molecule has 0 fully saturated rings. The van der Waals surface area contributed by atoms with Crippen LogP contribution in [0.4, 0.5) is 0 Å². The Bertz CT molecular complexity index is 135. The van der Waals surface area contributed by atoms with Crippen LogP contribution >= 0.6 is 0 Å². The lowest BCUT2D eigenvalue weighted by molar-refractivity contribution is 0.276. The van der Waals surface area contributed by atoms with Crippen molar-refractivity contribution in [1.82, 2.24) is 4.90 Å². The normalized spacial score (nSPS) is 10.7. The molecule has 0 bridgehead atoms. The molecule has 0 amide bonds. The fraction of sp³-hybridized carbons (Fsp3) is 0.900. The van der Waals surface area contributed by atoms with Crippen LogP contribution in [0.3, 0.4) is 0 Å². The summed E-state index contributed by atoms with van der Waals surface area (Å²) in [5, 5.41) is 8.41. The van der Waals surface area contributed by atoms with Gasteiger partial charge in [0, 0.05) is 13.0 Å². The van der Waals surface area contributed by atoms with Crippen molar-refractivity contribution in [1.29, 1.82) is 5.26 Å². The highest BCUT2D eigenvalue weighted by Gasteiger charge is 2.02. The van der Waals surface area contributed by atoms with Gasteiger partial charge in [0.05, 0.1) is 6.07 Å². The average Bonchev–Trinajstić information content (AvgIpc) is 2.05. The Morgan fingerprint density at radius 3 is 2.42 bits per heavy atom. The maximum absolute atomic E-state index is 8.41. The van der Waals surface area contributed by atoms with E-state index in [1.165, 1.54) is 6.42 Å². The van der Waals surface area contributed by atoms with Gasteiger partial charge in [-0.15, -0.1) is 0 Å². The van der Waals surface area contributed by atoms with Crippen LogP contribution in [0.1, 0.15) is 33.6 Å². The molecule has 2 nitrogen and oxygen atoms in total. The molecule has 0 saturated carbocycles. The second kappa shape index (κ2) is 7.12. The fourth-order valence-electron chi connectivity index (χ4n) is 1.08. The summed E-state index contributed by atoms with van der Waals surface area (Å²) in [5.74, 6) is 0.765. The molecule has 0 N–H and O–H groups in total. The van der Waals surface area contributed by atoms with Gasteiger partial charge < -0.3 is 4.90 Å². The summed E-state index contributed by atoms with van der Waals surface area (Å²) in [6, 6.07) is 2.18. The zero-order valence-electron chi connectivity index (χ0n) is 8.51. The van der Waals surface area contributed by atoms with Crippen LogP contribution < -0.4 is 0 Å². The molecule has 0 aliphatic carbocycles. The van der Waals surface area contributed by atoms with Crippen molar-refractivity contribution in [2.45, 2.75) is 33.6 Å². The van der Waals surface area contributed by atoms with E-state index in [1.54, 1.807) is 0 Å². The Hall–Kier alpha value is -0.550. The van der Waals surface area contributed by atoms with E-state index < -0.39 is 0 Å². The summed E-state index contributed by atoms with van der Waals surface area (Å²) >= 11 is 0. The van der Waals surface area contributed by atoms with Crippen molar-refractivity contribution in [3.05, 3.63) is 0 Å². The third-order valence-electron chi connectivity index (χ3n) is 2.01. The first-order valence-corrected chi connectivity index (χ1v) is 4.80. The van der Waals surface area contributed by atoms with Crippen LogP contribution in [0.25, 0.3) is 0 Å². The van der Waals surface area contributed by atoms with Crippen molar-refractivity contribution in [3.63, 3.8) is 0 Å². The average molecular weight is 168 g/mol. The Morgan fingerprint density at radius 1 is 1.33 bits per heavy atom. The first kappa shape index (κ1) is 11.4. The lowest BCUT2D eigenvalue weighted by Crippen LogP contribution is -2.26. The van der Waals surface area contributed by atoms with Crippen molar-refractivity contribution in [2.75, 3.05) is 19.6 Å². The molecule has 0 rings (SSSR count). The summed E-state index contributed by atoms with van der Waals surface area (Å²) in [6.45, 7) is 9.75. The van der Waals surface area contributed by atoms with E-state index in [0.717, 1.165) is 25.6 Å². The first-order valence-electron chi connectivity index (χ1n) is 4.80. The summed E-state index contributed by atoms with van der Waals surface area (Å²) in [4.78, 5) is 2.34. The van der Waals surface area contributed by atoms with Gasteiger partial charge in [-0.3, -0.25) is 0 Å². The van der Waals surface area contributed by atoms with E-state index in [-0.39, 0.29) is 0 Å². The molecule has 0 aliphatic heterocycles. The Balaban J connectivity index is 3.47. The minimum atomic E-state index is 0.659. The van der Waals surface area contributed by atoms with Gasteiger partial charge in [0.15, 0.2) is 0 Å². The predicted octanol–water partition coefficient (Wildman–Crippen LogP) is 2.27. The highest BCUT2D eigenvalue weighted by Crippen LogP contribution is 2.02. The molecule has 12 heavy (non-hydrogen) atoms. The van der Waals surface area contributed by atoms with Crippen LogP contribution in [-0.4, -0.2) is 24.5 Å². The molecule has 0 saturated heterocycles. The van der Waals surface area contributed by atoms with Crippen LogP contribution in [0.2, 0.25) is 0 Å². The van der Waals surface area contributed by atoms with Crippen LogP contribution in [-0.2, 0) is 0 Å². The van der Waals surface area contributed by atoms with E-state index in [9.17, 15) is 0 Å². The molecule has 0 aliphatic rings. The Kier molecular flexibility index (Phi) is 6.79. The zero-order chi connectivity index (χ0) is 9.40. The van der Waals surface area contributed by atoms with E-state index in [2.05, 4.69) is 31.7 Å². The SMILES string of the molecule is CCN(CCC#N)CCC(C)C. The Labute approximate surface area is 76.2 Å². The molecule has 0 heterocycles. The van der Waals surface area contributed by atoms with Gasteiger partial charge in [-0.25, -0.2) is 0 Å². The quantitative estimate of drug-likeness (QED) is 0.608. The van der Waals surface area contributed by atoms with Crippen molar-refractivity contribution in [3.8, 4) is 6.07 Å². The minimum Gasteiger partial charge on any atom is -0.303 e. The zero-order valence-corrected chi connectivity index (χ0v) is 8.51. The fourth-order valence-corrected chi connectivity index (χ4v) is 1.08. The van der Waals surface area contributed by atoms with Crippen molar-refractivity contribution in [2.24, 2.45) is 5.92 Å². The lowest BCUT2D eigenvalue weighted by Gasteiger charge is -2.19. The summed E-state index contributed by atoms with van der Waals surface area (Å²) < 4.78 is 0. The molecular formula is C10H20N2. The lowest BCUT2D eigenvalue weighted by atomic mass is 10.1. The highest BCUT2D eigenvalue weighted by molar-refractivity contribution is 4.71. The molecule has 0 aromatic rings. The standard InChI is InChI=1S/C10H20N2/c1-4-12(8-5-7-11)9-6-10(2)3/h10H,4-6,8-9H2,1-3H3. The predicted molar refractivity (Wildman–Crippen MR) is 51.8 cm³/mol. The van der Waals surface area contributed by atoms with E-state index in [0.29, 0.717) is 6.42 Å². The van der Waals surface area contributed by atoms with E-state index in [1.807, 2.05) is 0 Å². The smallest absolute Gasteiger partial charge is 0.0635 e. The molecule has 0 atom stereocenters. The summed E-state index contributed by atoms with van der Waals surface area (Å²) in [6.07, 6.45) is 1.89. The number of hydrogen-bond acceptors (Lipinski definition) is 2. The Morgan fingerprint density at radius 2 is 2.00 bits per heavy atom. The summed E-state index contributed by atoms with van der Waals surface area (Å²) in [7, 11) is 0. The molecule has 0 aromatic carbocycles. The number of nitrogens with zero attached hydrogens (tertiary/aromatic N) is 2. The molecule has 70 valence electrons. The third kappa shape index (κ3) is 6.18. The minimum absolute atomic E-state index is 0.659. The third-order valence-corrected chi connectivity index (χ3v) is 2.01. The highest BCUT2D eigenvalue weighted by atomic mass is 15.1. The van der Waals surface area contributed by atoms with Gasteiger partial charge in [-0.05, 0) is 25.4 Å². The van der Waals surface area contributed by atoms with Crippen LogP contribution in [0, 0.1) is 17.2 Å². The molecule has 0 radical (unpaired) electrons. The monoisotopic (exact) mass is 168 g/mol. The van der Waals surface area contributed by atoms with Gasteiger partial charge >= 0.3 is 0 Å². The van der Waals surface area contributed by atoms with E-state index in [4.69, 9.17) is 5.26 Å². The summed E-state index contributed by atoms with van der Waals surface area (Å²) in [5.41, 5.74) is 0. The molecular weight excluding hydrogens is 148 g/mol. The van der Waals surface area contributed by atoms with Gasteiger partial charge in [0.2, 0.25) is 0 Å². The molecule has 0 aromatic heterocycles. The second-order valence-corrected chi connectivity index (χ2v) is 3.52. The van der Waals surface area contributed by atoms with E-state index >= 15 is 0 Å². The van der Waals surface area contributed by atoms with Crippen LogP contribution in [0.15, 0.2) is 0 Å². The molecule has 0 unspecified atom stereocenters. The maximum Gasteiger partial charge on any atom is 0.0635 e.